The van der Waals surface area contributed by atoms with E-state index in [1.54, 1.807) is 24.3 Å². The topological polar surface area (TPSA) is 93.1 Å². The van der Waals surface area contributed by atoms with Gasteiger partial charge in [0.05, 0.1) is 22.3 Å². The van der Waals surface area contributed by atoms with E-state index >= 15 is 0 Å². The summed E-state index contributed by atoms with van der Waals surface area (Å²) in [4.78, 5) is 39.9. The lowest BCUT2D eigenvalue weighted by Gasteiger charge is -2.09. The van der Waals surface area contributed by atoms with Crippen LogP contribution in [0.15, 0.2) is 47.5 Å². The van der Waals surface area contributed by atoms with E-state index in [1.165, 1.54) is 30.0 Å². The van der Waals surface area contributed by atoms with Crippen LogP contribution in [0.5, 0.6) is 0 Å². The Kier molecular flexibility index (Phi) is 5.43. The molecule has 0 aliphatic heterocycles. The van der Waals surface area contributed by atoms with Gasteiger partial charge in [-0.3, -0.25) is 19.0 Å². The Hall–Kier alpha value is -2.90. The van der Waals surface area contributed by atoms with E-state index in [1.807, 2.05) is 0 Å². The van der Waals surface area contributed by atoms with Crippen LogP contribution in [0.1, 0.15) is 6.92 Å². The van der Waals surface area contributed by atoms with E-state index in [0.717, 1.165) is 0 Å². The van der Waals surface area contributed by atoms with Gasteiger partial charge >= 0.3 is 0 Å². The smallest absolute Gasteiger partial charge is 0.261 e. The molecule has 0 fully saturated rings. The first kappa shape index (κ1) is 18.9. The number of anilines is 2. The molecular weight excluding hydrogens is 391 g/mol. The Morgan fingerprint density at radius 2 is 1.70 bits per heavy atom. The van der Waals surface area contributed by atoms with E-state index in [4.69, 9.17) is 23.2 Å². The number of aromatic nitrogens is 2. The summed E-state index contributed by atoms with van der Waals surface area (Å²) in [5.41, 5.74) is 1.06. The van der Waals surface area contributed by atoms with Crippen LogP contribution in [0, 0.1) is 0 Å². The van der Waals surface area contributed by atoms with Crippen molar-refractivity contribution in [2.75, 3.05) is 10.6 Å². The molecule has 9 heteroatoms. The minimum atomic E-state index is -0.416. The molecule has 7 nitrogen and oxygen atoms in total. The van der Waals surface area contributed by atoms with E-state index in [2.05, 4.69) is 15.6 Å². The molecule has 0 aliphatic rings. The first-order valence-electron chi connectivity index (χ1n) is 7.85. The van der Waals surface area contributed by atoms with Crippen LogP contribution in [0.3, 0.4) is 0 Å². The Morgan fingerprint density at radius 1 is 1.07 bits per heavy atom. The van der Waals surface area contributed by atoms with E-state index in [-0.39, 0.29) is 22.9 Å². The maximum Gasteiger partial charge on any atom is 0.261 e. The summed E-state index contributed by atoms with van der Waals surface area (Å²) >= 11 is 12.0. The SMILES string of the molecule is CC(=O)Nc1ccc(NC(=O)Cn2cnc3c(Cl)cc(Cl)cc3c2=O)cc1. The molecule has 138 valence electrons. The van der Waals surface area contributed by atoms with Crippen LogP contribution in [-0.4, -0.2) is 21.4 Å². The summed E-state index contributed by atoms with van der Waals surface area (Å²) in [6.45, 7) is 1.19. The zero-order valence-electron chi connectivity index (χ0n) is 14.1. The fraction of sp³-hybridized carbons (Fsp3) is 0.111. The van der Waals surface area contributed by atoms with Crippen LogP contribution >= 0.6 is 23.2 Å². The Bertz CT molecular complexity index is 1090. The van der Waals surface area contributed by atoms with Crippen molar-refractivity contribution in [2.45, 2.75) is 13.5 Å². The number of amides is 2. The number of hydrogen-bond acceptors (Lipinski definition) is 4. The molecule has 3 rings (SSSR count). The van der Waals surface area contributed by atoms with Gasteiger partial charge < -0.3 is 10.6 Å². The van der Waals surface area contributed by atoms with Gasteiger partial charge in [0, 0.05) is 23.3 Å². The number of rotatable bonds is 4. The van der Waals surface area contributed by atoms with Crippen LogP contribution in [-0.2, 0) is 16.1 Å². The van der Waals surface area contributed by atoms with Gasteiger partial charge in [0.1, 0.15) is 6.54 Å². The van der Waals surface area contributed by atoms with Crippen molar-refractivity contribution in [1.82, 2.24) is 9.55 Å². The molecule has 0 aliphatic carbocycles. The number of hydrogen-bond donors (Lipinski definition) is 2. The largest absolute Gasteiger partial charge is 0.326 e. The van der Waals surface area contributed by atoms with Gasteiger partial charge in [0.25, 0.3) is 5.56 Å². The lowest BCUT2D eigenvalue weighted by Crippen LogP contribution is -2.28. The van der Waals surface area contributed by atoms with Crippen molar-refractivity contribution in [1.29, 1.82) is 0 Å². The average molecular weight is 405 g/mol. The predicted molar refractivity (Wildman–Crippen MR) is 105 cm³/mol. The van der Waals surface area contributed by atoms with Gasteiger partial charge in [-0.2, -0.15) is 0 Å². The summed E-state index contributed by atoms with van der Waals surface area (Å²) in [5.74, 6) is -0.589. The zero-order valence-corrected chi connectivity index (χ0v) is 15.6. The monoisotopic (exact) mass is 404 g/mol. The van der Waals surface area contributed by atoms with Crippen LogP contribution in [0.25, 0.3) is 10.9 Å². The van der Waals surface area contributed by atoms with Crippen LogP contribution in [0.4, 0.5) is 11.4 Å². The molecule has 27 heavy (non-hydrogen) atoms. The highest BCUT2D eigenvalue weighted by molar-refractivity contribution is 6.38. The van der Waals surface area contributed by atoms with Crippen molar-refractivity contribution in [2.24, 2.45) is 0 Å². The molecule has 2 aromatic carbocycles. The molecular formula is C18H14Cl2N4O3. The van der Waals surface area contributed by atoms with Crippen molar-refractivity contribution in [3.8, 4) is 0 Å². The van der Waals surface area contributed by atoms with Crippen molar-refractivity contribution >= 4 is 57.3 Å². The second-order valence-corrected chi connectivity index (χ2v) is 6.61. The van der Waals surface area contributed by atoms with Gasteiger partial charge in [-0.25, -0.2) is 4.98 Å². The normalized spacial score (nSPS) is 10.6. The standard InChI is InChI=1S/C18H14Cl2N4O3/c1-10(25)22-12-2-4-13(5-3-12)23-16(26)8-24-9-21-17-14(18(24)27)6-11(19)7-15(17)20/h2-7,9H,8H2,1H3,(H,22,25)(H,23,26). The van der Waals surface area contributed by atoms with Gasteiger partial charge in [0.15, 0.2) is 0 Å². The number of nitrogens with one attached hydrogen (secondary N) is 2. The maximum atomic E-state index is 12.6. The fourth-order valence-electron chi connectivity index (χ4n) is 2.50. The summed E-state index contributed by atoms with van der Waals surface area (Å²) in [6.07, 6.45) is 1.27. The predicted octanol–water partition coefficient (Wildman–Crippen LogP) is 3.30. The molecule has 0 unspecified atom stereocenters. The summed E-state index contributed by atoms with van der Waals surface area (Å²) in [7, 11) is 0. The van der Waals surface area contributed by atoms with Crippen LogP contribution in [0.2, 0.25) is 10.0 Å². The Balaban J connectivity index is 1.77. The minimum Gasteiger partial charge on any atom is -0.326 e. The number of halogens is 2. The molecule has 2 N–H and O–H groups in total. The molecule has 0 saturated heterocycles. The first-order chi connectivity index (χ1) is 12.8. The van der Waals surface area contributed by atoms with Crippen molar-refractivity contribution in [3.63, 3.8) is 0 Å². The second kappa shape index (κ2) is 7.77. The van der Waals surface area contributed by atoms with E-state index in [9.17, 15) is 14.4 Å². The zero-order chi connectivity index (χ0) is 19.6. The molecule has 0 radical (unpaired) electrons. The Labute approximate surface area is 163 Å². The quantitative estimate of drug-likeness (QED) is 0.697. The lowest BCUT2D eigenvalue weighted by atomic mass is 10.2. The van der Waals surface area contributed by atoms with Crippen molar-refractivity contribution in [3.05, 3.63) is 63.1 Å². The third-order valence-corrected chi connectivity index (χ3v) is 4.15. The molecule has 1 aromatic heterocycles. The van der Waals surface area contributed by atoms with Gasteiger partial charge in [-0.1, -0.05) is 23.2 Å². The third-order valence-electron chi connectivity index (χ3n) is 3.65. The molecule has 0 bridgehead atoms. The number of benzene rings is 2. The Morgan fingerprint density at radius 3 is 2.33 bits per heavy atom. The van der Waals surface area contributed by atoms with Crippen LogP contribution < -0.4 is 16.2 Å². The molecule has 0 saturated carbocycles. The first-order valence-corrected chi connectivity index (χ1v) is 8.61. The molecule has 1 heterocycles. The third kappa shape index (κ3) is 4.45. The average Bonchev–Trinajstić information content (AvgIpc) is 2.59. The van der Waals surface area contributed by atoms with Crippen molar-refractivity contribution < 1.29 is 9.59 Å². The fourth-order valence-corrected chi connectivity index (χ4v) is 3.05. The number of carbonyl (C=O) groups excluding carboxylic acids is 2. The van der Waals surface area contributed by atoms with E-state index in [0.29, 0.717) is 21.9 Å². The number of nitrogens with zero attached hydrogens (tertiary/aromatic N) is 2. The molecule has 0 atom stereocenters. The van der Waals surface area contributed by atoms with Gasteiger partial charge in [-0.15, -0.1) is 0 Å². The minimum absolute atomic E-state index is 0.185. The summed E-state index contributed by atoms with van der Waals surface area (Å²) in [5, 5.41) is 6.13. The molecule has 3 aromatic rings. The molecule has 0 spiro atoms. The highest BCUT2D eigenvalue weighted by Crippen LogP contribution is 2.24. The second-order valence-electron chi connectivity index (χ2n) is 5.77. The number of carbonyl (C=O) groups is 2. The highest BCUT2D eigenvalue weighted by Gasteiger charge is 2.11. The van der Waals surface area contributed by atoms with Gasteiger partial charge in [0.2, 0.25) is 11.8 Å². The van der Waals surface area contributed by atoms with Gasteiger partial charge in [-0.05, 0) is 36.4 Å². The highest BCUT2D eigenvalue weighted by atomic mass is 35.5. The summed E-state index contributed by atoms with van der Waals surface area (Å²) in [6, 6.07) is 9.57. The number of fused-ring (bicyclic) bond motifs is 1. The van der Waals surface area contributed by atoms with E-state index < -0.39 is 11.5 Å². The maximum absolute atomic E-state index is 12.6. The lowest BCUT2D eigenvalue weighted by molar-refractivity contribution is -0.117. The summed E-state index contributed by atoms with van der Waals surface area (Å²) < 4.78 is 1.18. The molecule has 2 amide bonds.